The number of ether oxygens (including phenoxy) is 1. The van der Waals surface area contributed by atoms with Crippen LogP contribution in [0.3, 0.4) is 0 Å². The predicted molar refractivity (Wildman–Crippen MR) is 64.5 cm³/mol. The van der Waals surface area contributed by atoms with E-state index >= 15 is 0 Å². The van der Waals surface area contributed by atoms with E-state index in [9.17, 15) is 9.59 Å². The molecule has 0 bridgehead atoms. The van der Waals surface area contributed by atoms with Gasteiger partial charge < -0.3 is 4.74 Å². The highest BCUT2D eigenvalue weighted by atomic mass is 16.5. The average molecular weight is 238 g/mol. The number of hydrogen-bond donors (Lipinski definition) is 0. The maximum atomic E-state index is 12.6. The van der Waals surface area contributed by atoms with Crippen molar-refractivity contribution in [2.24, 2.45) is 11.3 Å². The molecular formula is C14H22O3. The summed E-state index contributed by atoms with van der Waals surface area (Å²) in [5, 5.41) is 0. The SMILES string of the molecule is COC(=O)[C@@H]1CCCCC2(CCCCC2)C1=O. The molecule has 0 N–H and O–H groups in total. The highest BCUT2D eigenvalue weighted by Gasteiger charge is 2.46. The first-order chi connectivity index (χ1) is 8.19. The Labute approximate surface area is 103 Å². The number of carbonyl (C=O) groups excluding carboxylic acids is 2. The van der Waals surface area contributed by atoms with Crippen LogP contribution >= 0.6 is 0 Å². The zero-order valence-corrected chi connectivity index (χ0v) is 10.7. The van der Waals surface area contributed by atoms with Gasteiger partial charge in [-0.15, -0.1) is 0 Å². The molecular weight excluding hydrogens is 216 g/mol. The molecule has 2 saturated carbocycles. The molecule has 0 aromatic rings. The van der Waals surface area contributed by atoms with Gasteiger partial charge in [0.25, 0.3) is 0 Å². The molecule has 3 nitrogen and oxygen atoms in total. The van der Waals surface area contributed by atoms with Gasteiger partial charge in [-0.05, 0) is 25.7 Å². The van der Waals surface area contributed by atoms with Crippen molar-refractivity contribution in [1.29, 1.82) is 0 Å². The summed E-state index contributed by atoms with van der Waals surface area (Å²) in [4.78, 5) is 24.3. The third kappa shape index (κ3) is 2.38. The van der Waals surface area contributed by atoms with Gasteiger partial charge in [-0.3, -0.25) is 9.59 Å². The maximum Gasteiger partial charge on any atom is 0.316 e. The van der Waals surface area contributed by atoms with Gasteiger partial charge in [-0.25, -0.2) is 0 Å². The van der Waals surface area contributed by atoms with Gasteiger partial charge >= 0.3 is 5.97 Å². The fraction of sp³-hybridized carbons (Fsp3) is 0.857. The molecule has 0 aliphatic heterocycles. The molecule has 2 rings (SSSR count). The van der Waals surface area contributed by atoms with Crippen LogP contribution in [0.1, 0.15) is 57.8 Å². The standard InChI is InChI=1S/C14H22O3/c1-17-13(16)11-7-3-6-10-14(12(11)15)8-4-2-5-9-14/h11H,2-10H2,1H3/t11-/m1/s1. The van der Waals surface area contributed by atoms with Crippen LogP contribution in [0.25, 0.3) is 0 Å². The predicted octanol–water partition coefficient (Wildman–Crippen LogP) is 2.87. The van der Waals surface area contributed by atoms with Gasteiger partial charge in [-0.1, -0.05) is 32.1 Å². The first-order valence-electron chi connectivity index (χ1n) is 6.82. The number of hydrogen-bond acceptors (Lipinski definition) is 3. The summed E-state index contributed by atoms with van der Waals surface area (Å²) in [5.74, 6) is -0.621. The third-order valence-corrected chi connectivity index (χ3v) is 4.53. The topological polar surface area (TPSA) is 43.4 Å². The summed E-state index contributed by atoms with van der Waals surface area (Å²) in [6.07, 6.45) is 9.22. The van der Waals surface area contributed by atoms with Gasteiger partial charge in [0.1, 0.15) is 5.92 Å². The first kappa shape index (κ1) is 12.6. The quantitative estimate of drug-likeness (QED) is 0.521. The molecule has 2 aliphatic carbocycles. The number of carbonyl (C=O) groups is 2. The first-order valence-corrected chi connectivity index (χ1v) is 6.82. The Morgan fingerprint density at radius 1 is 1.12 bits per heavy atom. The van der Waals surface area contributed by atoms with E-state index < -0.39 is 5.92 Å². The molecule has 1 atom stereocenters. The number of esters is 1. The molecule has 0 unspecified atom stereocenters. The van der Waals surface area contributed by atoms with Gasteiger partial charge in [0.15, 0.2) is 5.78 Å². The van der Waals surface area contributed by atoms with E-state index in [0.717, 1.165) is 44.9 Å². The Morgan fingerprint density at radius 2 is 1.71 bits per heavy atom. The van der Waals surface area contributed by atoms with Crippen LogP contribution in [0.15, 0.2) is 0 Å². The van der Waals surface area contributed by atoms with Crippen molar-refractivity contribution in [1.82, 2.24) is 0 Å². The van der Waals surface area contributed by atoms with Crippen LogP contribution in [0.5, 0.6) is 0 Å². The van der Waals surface area contributed by atoms with Crippen LogP contribution < -0.4 is 0 Å². The van der Waals surface area contributed by atoms with Crippen molar-refractivity contribution in [2.45, 2.75) is 57.8 Å². The molecule has 0 amide bonds. The van der Waals surface area contributed by atoms with Crippen LogP contribution in [0.2, 0.25) is 0 Å². The number of Topliss-reactive ketones (excluding diaryl/α,β-unsaturated/α-hetero) is 1. The van der Waals surface area contributed by atoms with E-state index in [1.165, 1.54) is 13.5 Å². The maximum absolute atomic E-state index is 12.6. The van der Waals surface area contributed by atoms with Gasteiger partial charge in [0.2, 0.25) is 0 Å². The monoisotopic (exact) mass is 238 g/mol. The Hall–Kier alpha value is -0.860. The van der Waals surface area contributed by atoms with E-state index in [1.54, 1.807) is 0 Å². The van der Waals surface area contributed by atoms with Crippen LogP contribution in [0, 0.1) is 11.3 Å². The minimum absolute atomic E-state index is 0.182. The molecule has 96 valence electrons. The van der Waals surface area contributed by atoms with Gasteiger partial charge in [0.05, 0.1) is 7.11 Å². The zero-order valence-electron chi connectivity index (χ0n) is 10.7. The summed E-state index contributed by atoms with van der Waals surface area (Å²) < 4.78 is 4.79. The molecule has 0 saturated heterocycles. The zero-order chi connectivity index (χ0) is 12.3. The number of ketones is 1. The van der Waals surface area contributed by atoms with Crippen molar-refractivity contribution in [2.75, 3.05) is 7.11 Å². The molecule has 0 radical (unpaired) electrons. The Balaban J connectivity index is 2.20. The van der Waals surface area contributed by atoms with Crippen molar-refractivity contribution >= 4 is 11.8 Å². The average Bonchev–Trinajstić information content (AvgIpc) is 2.52. The van der Waals surface area contributed by atoms with Crippen molar-refractivity contribution in [3.63, 3.8) is 0 Å². The normalized spacial score (nSPS) is 28.8. The lowest BCUT2D eigenvalue weighted by atomic mass is 9.67. The molecule has 3 heteroatoms. The van der Waals surface area contributed by atoms with Gasteiger partial charge in [0, 0.05) is 5.41 Å². The molecule has 0 aromatic carbocycles. The van der Waals surface area contributed by atoms with Crippen LogP contribution in [-0.2, 0) is 14.3 Å². The van der Waals surface area contributed by atoms with Crippen molar-refractivity contribution in [3.05, 3.63) is 0 Å². The Kier molecular flexibility index (Phi) is 3.85. The molecule has 1 spiro atoms. The van der Waals surface area contributed by atoms with Crippen molar-refractivity contribution < 1.29 is 14.3 Å². The molecule has 2 fully saturated rings. The summed E-state index contributed by atoms with van der Waals surface area (Å²) in [5.41, 5.74) is -0.187. The fourth-order valence-corrected chi connectivity index (χ4v) is 3.53. The highest BCUT2D eigenvalue weighted by Crippen LogP contribution is 2.45. The number of rotatable bonds is 1. The second-order valence-electron chi connectivity index (χ2n) is 5.53. The van der Waals surface area contributed by atoms with Crippen LogP contribution in [-0.4, -0.2) is 18.9 Å². The van der Waals surface area contributed by atoms with E-state index in [-0.39, 0.29) is 17.2 Å². The van der Waals surface area contributed by atoms with E-state index in [0.29, 0.717) is 6.42 Å². The van der Waals surface area contributed by atoms with E-state index in [4.69, 9.17) is 4.74 Å². The lowest BCUT2D eigenvalue weighted by molar-refractivity contribution is -0.153. The largest absolute Gasteiger partial charge is 0.468 e. The molecule has 0 heterocycles. The second-order valence-corrected chi connectivity index (χ2v) is 5.53. The van der Waals surface area contributed by atoms with Gasteiger partial charge in [-0.2, -0.15) is 0 Å². The minimum atomic E-state index is -0.486. The summed E-state index contributed by atoms with van der Waals surface area (Å²) >= 11 is 0. The molecule has 2 aliphatic rings. The fourth-order valence-electron chi connectivity index (χ4n) is 3.53. The number of methoxy groups -OCH3 is 1. The summed E-state index contributed by atoms with van der Waals surface area (Å²) in [7, 11) is 1.38. The Morgan fingerprint density at radius 3 is 2.29 bits per heavy atom. The van der Waals surface area contributed by atoms with Crippen molar-refractivity contribution in [3.8, 4) is 0 Å². The molecule has 0 aromatic heterocycles. The third-order valence-electron chi connectivity index (χ3n) is 4.53. The summed E-state index contributed by atoms with van der Waals surface area (Å²) in [6, 6.07) is 0. The van der Waals surface area contributed by atoms with Crippen LogP contribution in [0.4, 0.5) is 0 Å². The Bertz CT molecular complexity index is 303. The lowest BCUT2D eigenvalue weighted by Gasteiger charge is -2.36. The molecule has 17 heavy (non-hydrogen) atoms. The lowest BCUT2D eigenvalue weighted by Crippen LogP contribution is -2.39. The van der Waals surface area contributed by atoms with E-state index in [1.807, 2.05) is 0 Å². The smallest absolute Gasteiger partial charge is 0.316 e. The van der Waals surface area contributed by atoms with E-state index in [2.05, 4.69) is 0 Å². The minimum Gasteiger partial charge on any atom is -0.468 e. The highest BCUT2D eigenvalue weighted by molar-refractivity contribution is 6.02. The summed E-state index contributed by atoms with van der Waals surface area (Å²) in [6.45, 7) is 0. The second kappa shape index (κ2) is 5.19.